The van der Waals surface area contributed by atoms with Crippen molar-refractivity contribution in [1.29, 1.82) is 0 Å². The van der Waals surface area contributed by atoms with Crippen LogP contribution in [0.15, 0.2) is 0 Å². The number of hydrogen-bond acceptors (Lipinski definition) is 1. The first kappa shape index (κ1) is 53.4. The highest BCUT2D eigenvalue weighted by molar-refractivity contribution is 5.22. The molecular weight excluding hydrogens is 935 g/mol. The molecule has 0 aliphatic carbocycles. The Hall–Kier alpha value is -2.63. The van der Waals surface area contributed by atoms with Crippen LogP contribution in [0.1, 0.15) is 0 Å². The largest absolute Gasteiger partial charge is 0.460 e. The molecule has 56 heavy (non-hydrogen) atoms. The monoisotopic (exact) mass is 936 g/mol. The third kappa shape index (κ3) is 5.76. The van der Waals surface area contributed by atoms with Gasteiger partial charge in [-0.05, 0) is 0 Å². The maximum Gasteiger partial charge on any atom is 0.460 e. The molecule has 1 nitrogen and oxygen atoms in total. The van der Waals surface area contributed by atoms with Crippen molar-refractivity contribution in [2.45, 2.75) is 107 Å². The summed E-state index contributed by atoms with van der Waals surface area (Å²) in [5.41, 5.74) is 0. The van der Waals surface area contributed by atoms with E-state index < -0.39 is 107 Å². The summed E-state index contributed by atoms with van der Waals surface area (Å²) in [7, 11) is 0. The minimum atomic E-state index is -10.4. The maximum absolute atomic E-state index is 13.8. The molecule has 0 atom stereocenters. The van der Waals surface area contributed by atoms with Crippen LogP contribution in [0.3, 0.4) is 0 Å². The minimum absolute atomic E-state index is 7.43. The van der Waals surface area contributed by atoms with E-state index in [-0.39, 0.29) is 0 Å². The molecule has 0 aromatic heterocycles. The first-order chi connectivity index (χ1) is 23.2. The van der Waals surface area contributed by atoms with Gasteiger partial charge in [0, 0.05) is 0 Å². The zero-order chi connectivity index (χ0) is 47.0. The molecule has 0 aromatic carbocycles. The predicted octanol–water partition coefficient (Wildman–Crippen LogP) is 11.3. The van der Waals surface area contributed by atoms with E-state index in [9.17, 15) is 162 Å². The van der Waals surface area contributed by atoms with Gasteiger partial charge in [0.1, 0.15) is 0 Å². The molecule has 0 aliphatic rings. The summed E-state index contributed by atoms with van der Waals surface area (Å²) in [6.45, 7) is 0. The van der Waals surface area contributed by atoms with E-state index in [2.05, 4.69) is 0 Å². The molecule has 0 saturated carbocycles. The molecule has 0 aromatic rings. The predicted molar refractivity (Wildman–Crippen MR) is 92.4 cm³/mol. The van der Waals surface area contributed by atoms with Crippen molar-refractivity contribution in [1.82, 2.24) is 0 Å². The third-order valence-corrected chi connectivity index (χ3v) is 6.65. The standard InChI is InChI=1S/C18HF37O/c19-1(20,3(23,24)5(27,28)7(31,32)9(35,36)11(39,40)13(43,44)15(47,48)17(51,52)53)2(21,22)4(25,26)6(29,30)8(33,34)10(37,38)12(41,42)14(45,46)16(49,50)18(54,55)56/h56H. The van der Waals surface area contributed by atoms with Crippen molar-refractivity contribution < 1.29 is 168 Å². The molecular formula is C18HF37O. The van der Waals surface area contributed by atoms with Crippen LogP contribution in [0.25, 0.3) is 0 Å². The first-order valence-electron chi connectivity index (χ1n) is 11.5. The summed E-state index contributed by atoms with van der Waals surface area (Å²) >= 11 is 0. The lowest BCUT2D eigenvalue weighted by Gasteiger charge is -2.47. The number of halogens is 37. The summed E-state index contributed by atoms with van der Waals surface area (Å²) in [5.74, 6) is -159. The van der Waals surface area contributed by atoms with Crippen molar-refractivity contribution >= 4 is 0 Å². The third-order valence-electron chi connectivity index (χ3n) is 6.65. The van der Waals surface area contributed by atoms with Gasteiger partial charge in [-0.2, -0.15) is 162 Å². The summed E-state index contributed by atoms with van der Waals surface area (Å²) in [6, 6.07) is 0. The highest BCUT2D eigenvalue weighted by Gasteiger charge is 3.02. The van der Waals surface area contributed by atoms with Crippen LogP contribution in [0.5, 0.6) is 0 Å². The van der Waals surface area contributed by atoms with Crippen LogP contribution in [0.4, 0.5) is 162 Å². The number of aliphatic hydroxyl groups is 1. The lowest BCUT2D eigenvalue weighted by Crippen LogP contribution is -2.80. The molecule has 1 N–H and O–H groups in total. The van der Waals surface area contributed by atoms with Crippen molar-refractivity contribution in [2.24, 2.45) is 0 Å². The van der Waals surface area contributed by atoms with Crippen LogP contribution in [0.2, 0.25) is 0 Å². The molecule has 0 unspecified atom stereocenters. The summed E-state index contributed by atoms with van der Waals surface area (Å²) in [5, 5.41) is 7.43. The minimum Gasteiger partial charge on any atom is -0.331 e. The average molecular weight is 936 g/mol. The quantitative estimate of drug-likeness (QED) is 0.153. The molecule has 338 valence electrons. The van der Waals surface area contributed by atoms with Gasteiger partial charge < -0.3 is 5.11 Å². The van der Waals surface area contributed by atoms with Gasteiger partial charge in [0.05, 0.1) is 0 Å². The maximum atomic E-state index is 13.8. The van der Waals surface area contributed by atoms with Gasteiger partial charge in [-0.25, -0.2) is 0 Å². The second-order valence-corrected chi connectivity index (χ2v) is 10.2. The van der Waals surface area contributed by atoms with Gasteiger partial charge >= 0.3 is 107 Å². The Morgan fingerprint density at radius 1 is 0.143 bits per heavy atom. The number of hydrogen-bond donors (Lipinski definition) is 1. The molecule has 0 saturated heterocycles. The first-order valence-corrected chi connectivity index (χ1v) is 11.5. The molecule has 0 spiro atoms. The Labute approximate surface area is 276 Å². The second-order valence-electron chi connectivity index (χ2n) is 10.2. The number of rotatable bonds is 16. The summed E-state index contributed by atoms with van der Waals surface area (Å²) in [6.07, 6.45) is -16.4. The smallest absolute Gasteiger partial charge is 0.331 e. The molecule has 0 fully saturated rings. The van der Waals surface area contributed by atoms with E-state index in [1.165, 1.54) is 0 Å². The molecule has 0 radical (unpaired) electrons. The summed E-state index contributed by atoms with van der Waals surface area (Å²) < 4.78 is 492. The summed E-state index contributed by atoms with van der Waals surface area (Å²) in [4.78, 5) is 0. The molecule has 0 amide bonds. The van der Waals surface area contributed by atoms with Crippen LogP contribution < -0.4 is 0 Å². The lowest BCUT2D eigenvalue weighted by atomic mass is 9.82. The fraction of sp³-hybridized carbons (Fsp3) is 1.00. The Morgan fingerprint density at radius 2 is 0.232 bits per heavy atom. The zero-order valence-corrected chi connectivity index (χ0v) is 23.4. The highest BCUT2D eigenvalue weighted by Crippen LogP contribution is 2.70. The fourth-order valence-corrected chi connectivity index (χ4v) is 3.13. The Kier molecular flexibility index (Phi) is 11.9. The van der Waals surface area contributed by atoms with Gasteiger partial charge in [-0.15, -0.1) is 0 Å². The Morgan fingerprint density at radius 3 is 0.321 bits per heavy atom. The van der Waals surface area contributed by atoms with Crippen molar-refractivity contribution in [3.8, 4) is 0 Å². The molecule has 0 rings (SSSR count). The van der Waals surface area contributed by atoms with Crippen LogP contribution in [0, 0.1) is 0 Å². The van der Waals surface area contributed by atoms with Crippen LogP contribution in [-0.4, -0.2) is 112 Å². The van der Waals surface area contributed by atoms with Gasteiger partial charge in [0.2, 0.25) is 0 Å². The van der Waals surface area contributed by atoms with Gasteiger partial charge in [0.25, 0.3) is 0 Å². The zero-order valence-electron chi connectivity index (χ0n) is 23.4. The molecule has 38 heteroatoms. The fourth-order valence-electron chi connectivity index (χ4n) is 3.13. The van der Waals surface area contributed by atoms with E-state index in [0.29, 0.717) is 0 Å². The second kappa shape index (κ2) is 12.4. The number of alkyl halides is 37. The average Bonchev–Trinajstić information content (AvgIpc) is 2.94. The van der Waals surface area contributed by atoms with E-state index in [4.69, 9.17) is 5.11 Å². The molecule has 0 bridgehead atoms. The normalized spacial score (nSPS) is 17.5. The SMILES string of the molecule is OC(F)(F)C(F)(F)C(F)(F)C(F)(F)C(F)(F)C(F)(F)C(F)(F)C(F)(F)C(F)(F)C(F)(F)C(F)(F)C(F)(F)C(F)(F)C(F)(F)C(F)(F)C(F)(F)C(F)(F)C(F)(F)F. The van der Waals surface area contributed by atoms with E-state index in [1.807, 2.05) is 0 Å². The Bertz CT molecular complexity index is 1330. The van der Waals surface area contributed by atoms with Crippen molar-refractivity contribution in [2.75, 3.05) is 0 Å². The van der Waals surface area contributed by atoms with Gasteiger partial charge in [0.15, 0.2) is 0 Å². The molecule has 0 heterocycles. The Balaban J connectivity index is 7.85. The van der Waals surface area contributed by atoms with E-state index >= 15 is 0 Å². The highest BCUT2D eigenvalue weighted by atomic mass is 19.4. The van der Waals surface area contributed by atoms with Gasteiger partial charge in [-0.1, -0.05) is 0 Å². The van der Waals surface area contributed by atoms with E-state index in [0.717, 1.165) is 0 Å². The van der Waals surface area contributed by atoms with Crippen LogP contribution in [-0.2, 0) is 0 Å². The van der Waals surface area contributed by atoms with Crippen LogP contribution >= 0.6 is 0 Å². The van der Waals surface area contributed by atoms with Crippen molar-refractivity contribution in [3.63, 3.8) is 0 Å². The molecule has 0 aliphatic heterocycles. The topological polar surface area (TPSA) is 20.2 Å². The van der Waals surface area contributed by atoms with Crippen molar-refractivity contribution in [3.05, 3.63) is 0 Å². The van der Waals surface area contributed by atoms with E-state index in [1.54, 1.807) is 0 Å². The lowest BCUT2D eigenvalue weighted by molar-refractivity contribution is -0.496. The van der Waals surface area contributed by atoms with Gasteiger partial charge in [-0.3, -0.25) is 0 Å².